The van der Waals surface area contributed by atoms with Gasteiger partial charge in [0.1, 0.15) is 11.6 Å². The minimum atomic E-state index is -0.558. The Morgan fingerprint density at radius 2 is 2.19 bits per heavy atom. The summed E-state index contributed by atoms with van der Waals surface area (Å²) in [5.41, 5.74) is 0.343. The normalized spacial score (nSPS) is 17.2. The van der Waals surface area contributed by atoms with E-state index < -0.39 is 11.6 Å². The maximum absolute atomic E-state index is 13.4. The molecule has 88 valence electrons. The van der Waals surface area contributed by atoms with Crippen LogP contribution in [0, 0.1) is 17.6 Å². The van der Waals surface area contributed by atoms with Gasteiger partial charge in [-0.15, -0.1) is 0 Å². The number of benzene rings is 1. The Bertz CT molecular complexity index is 366. The zero-order chi connectivity index (χ0) is 11.5. The molecule has 0 spiro atoms. The van der Waals surface area contributed by atoms with E-state index in [1.165, 1.54) is 12.1 Å². The summed E-state index contributed by atoms with van der Waals surface area (Å²) in [5, 5.41) is 3.07. The maximum Gasteiger partial charge on any atom is 0.149 e. The van der Waals surface area contributed by atoms with Gasteiger partial charge in [-0.05, 0) is 30.9 Å². The van der Waals surface area contributed by atoms with Crippen molar-refractivity contribution in [2.45, 2.75) is 18.9 Å². The van der Waals surface area contributed by atoms with Crippen molar-refractivity contribution < 1.29 is 13.5 Å². The highest BCUT2D eigenvalue weighted by Crippen LogP contribution is 2.34. The van der Waals surface area contributed by atoms with E-state index >= 15 is 0 Å². The number of methoxy groups -OCH3 is 1. The van der Waals surface area contributed by atoms with Gasteiger partial charge < -0.3 is 10.1 Å². The molecule has 1 atom stereocenters. The molecular formula is C12H15F2NO. The first-order valence-electron chi connectivity index (χ1n) is 5.41. The smallest absolute Gasteiger partial charge is 0.149 e. The molecule has 0 aliphatic heterocycles. The molecular weight excluding hydrogens is 212 g/mol. The van der Waals surface area contributed by atoms with Gasteiger partial charge in [0.2, 0.25) is 0 Å². The standard InChI is InChI=1S/C12H15F2NO/c1-16-7-12(8-2-3-8)15-11-5-4-9(13)6-10(11)14/h4-6,8,12,15H,2-3,7H2,1H3. The van der Waals surface area contributed by atoms with E-state index in [4.69, 9.17) is 4.74 Å². The summed E-state index contributed by atoms with van der Waals surface area (Å²) in [6.45, 7) is 0.543. The molecule has 0 aromatic heterocycles. The molecule has 0 heterocycles. The molecule has 0 amide bonds. The molecule has 1 fully saturated rings. The summed E-state index contributed by atoms with van der Waals surface area (Å²) in [7, 11) is 1.62. The minimum Gasteiger partial charge on any atom is -0.383 e. The summed E-state index contributed by atoms with van der Waals surface area (Å²) in [4.78, 5) is 0. The van der Waals surface area contributed by atoms with E-state index in [1.807, 2.05) is 0 Å². The van der Waals surface area contributed by atoms with E-state index in [-0.39, 0.29) is 6.04 Å². The summed E-state index contributed by atoms with van der Waals surface area (Å²) in [5.74, 6) is -0.566. The Morgan fingerprint density at radius 1 is 1.44 bits per heavy atom. The topological polar surface area (TPSA) is 21.3 Å². The van der Waals surface area contributed by atoms with E-state index in [1.54, 1.807) is 7.11 Å². The SMILES string of the molecule is COCC(Nc1ccc(F)cc1F)C1CC1. The molecule has 1 unspecified atom stereocenters. The third-order valence-electron chi connectivity index (χ3n) is 2.81. The van der Waals surface area contributed by atoms with Crippen LogP contribution >= 0.6 is 0 Å². The molecule has 2 rings (SSSR count). The van der Waals surface area contributed by atoms with E-state index in [0.29, 0.717) is 18.2 Å². The Morgan fingerprint density at radius 3 is 2.75 bits per heavy atom. The lowest BCUT2D eigenvalue weighted by molar-refractivity contribution is 0.179. The van der Waals surface area contributed by atoms with Crippen molar-refractivity contribution in [2.24, 2.45) is 5.92 Å². The van der Waals surface area contributed by atoms with Crippen molar-refractivity contribution in [1.82, 2.24) is 0 Å². The van der Waals surface area contributed by atoms with Crippen molar-refractivity contribution in [2.75, 3.05) is 19.0 Å². The number of hydrogen-bond donors (Lipinski definition) is 1. The highest BCUT2D eigenvalue weighted by molar-refractivity contribution is 5.46. The van der Waals surface area contributed by atoms with Crippen LogP contribution in [0.2, 0.25) is 0 Å². The summed E-state index contributed by atoms with van der Waals surface area (Å²) in [6, 6.07) is 3.68. The molecule has 0 bridgehead atoms. The zero-order valence-corrected chi connectivity index (χ0v) is 9.17. The number of halogens is 2. The second kappa shape index (κ2) is 4.78. The zero-order valence-electron chi connectivity index (χ0n) is 9.17. The lowest BCUT2D eigenvalue weighted by atomic mass is 10.2. The summed E-state index contributed by atoms with van der Waals surface area (Å²) >= 11 is 0. The van der Waals surface area contributed by atoms with Crippen molar-refractivity contribution >= 4 is 5.69 Å². The first-order valence-corrected chi connectivity index (χ1v) is 5.41. The molecule has 16 heavy (non-hydrogen) atoms. The molecule has 1 aliphatic carbocycles. The van der Waals surface area contributed by atoms with Crippen LogP contribution in [-0.4, -0.2) is 19.8 Å². The van der Waals surface area contributed by atoms with E-state index in [0.717, 1.165) is 18.9 Å². The van der Waals surface area contributed by atoms with Crippen LogP contribution in [0.25, 0.3) is 0 Å². The van der Waals surface area contributed by atoms with Gasteiger partial charge in [0, 0.05) is 13.2 Å². The molecule has 1 aromatic carbocycles. The maximum atomic E-state index is 13.4. The van der Waals surface area contributed by atoms with Gasteiger partial charge in [-0.25, -0.2) is 8.78 Å². The summed E-state index contributed by atoms with van der Waals surface area (Å²) in [6.07, 6.45) is 2.29. The van der Waals surface area contributed by atoms with E-state index in [2.05, 4.69) is 5.32 Å². The van der Waals surface area contributed by atoms with Crippen LogP contribution < -0.4 is 5.32 Å². The minimum absolute atomic E-state index is 0.116. The molecule has 2 nitrogen and oxygen atoms in total. The van der Waals surface area contributed by atoms with Crippen molar-refractivity contribution in [1.29, 1.82) is 0 Å². The highest BCUT2D eigenvalue weighted by Gasteiger charge is 2.31. The first kappa shape index (κ1) is 11.3. The molecule has 1 saturated carbocycles. The van der Waals surface area contributed by atoms with E-state index in [9.17, 15) is 8.78 Å². The number of hydrogen-bond acceptors (Lipinski definition) is 2. The van der Waals surface area contributed by atoms with Gasteiger partial charge in [-0.3, -0.25) is 0 Å². The molecule has 1 aromatic rings. The second-order valence-corrected chi connectivity index (χ2v) is 4.17. The predicted octanol–water partition coefficient (Wildman–Crippen LogP) is 2.80. The number of rotatable bonds is 5. The van der Waals surface area contributed by atoms with Crippen molar-refractivity contribution in [3.63, 3.8) is 0 Å². The molecule has 4 heteroatoms. The molecule has 1 N–H and O–H groups in total. The molecule has 0 saturated heterocycles. The molecule has 0 radical (unpaired) electrons. The fourth-order valence-corrected chi connectivity index (χ4v) is 1.78. The Labute approximate surface area is 93.6 Å². The lowest BCUT2D eigenvalue weighted by Gasteiger charge is -2.18. The average molecular weight is 227 g/mol. The quantitative estimate of drug-likeness (QED) is 0.835. The van der Waals surface area contributed by atoms with Crippen molar-refractivity contribution in [3.8, 4) is 0 Å². The average Bonchev–Trinajstić information content (AvgIpc) is 3.04. The van der Waals surface area contributed by atoms with Crippen LogP contribution in [0.5, 0.6) is 0 Å². The monoisotopic (exact) mass is 227 g/mol. The first-order chi connectivity index (χ1) is 7.70. The van der Waals surface area contributed by atoms with Gasteiger partial charge in [-0.2, -0.15) is 0 Å². The predicted molar refractivity (Wildman–Crippen MR) is 58.4 cm³/mol. The van der Waals surface area contributed by atoms with Crippen LogP contribution in [-0.2, 0) is 4.74 Å². The third-order valence-corrected chi connectivity index (χ3v) is 2.81. The highest BCUT2D eigenvalue weighted by atomic mass is 19.1. The fourth-order valence-electron chi connectivity index (χ4n) is 1.78. The number of ether oxygens (including phenoxy) is 1. The van der Waals surface area contributed by atoms with Gasteiger partial charge in [0.15, 0.2) is 0 Å². The van der Waals surface area contributed by atoms with Gasteiger partial charge in [-0.1, -0.05) is 0 Å². The number of anilines is 1. The largest absolute Gasteiger partial charge is 0.383 e. The fraction of sp³-hybridized carbons (Fsp3) is 0.500. The number of nitrogens with one attached hydrogen (secondary N) is 1. The van der Waals surface area contributed by atoms with Crippen LogP contribution in [0.15, 0.2) is 18.2 Å². The Balaban J connectivity index is 2.05. The summed E-state index contributed by atoms with van der Waals surface area (Å²) < 4.78 is 31.2. The lowest BCUT2D eigenvalue weighted by Crippen LogP contribution is -2.27. The van der Waals surface area contributed by atoms with Crippen LogP contribution in [0.3, 0.4) is 0 Å². The van der Waals surface area contributed by atoms with Gasteiger partial charge in [0.05, 0.1) is 18.3 Å². The molecule has 1 aliphatic rings. The second-order valence-electron chi connectivity index (χ2n) is 4.17. The Kier molecular flexibility index (Phi) is 3.39. The van der Waals surface area contributed by atoms with Crippen LogP contribution in [0.4, 0.5) is 14.5 Å². The van der Waals surface area contributed by atoms with Gasteiger partial charge in [0.25, 0.3) is 0 Å². The van der Waals surface area contributed by atoms with Gasteiger partial charge >= 0.3 is 0 Å². The van der Waals surface area contributed by atoms with Crippen molar-refractivity contribution in [3.05, 3.63) is 29.8 Å². The van der Waals surface area contributed by atoms with Crippen LogP contribution in [0.1, 0.15) is 12.8 Å². The third kappa shape index (κ3) is 2.70. The Hall–Kier alpha value is -1.16.